The van der Waals surface area contributed by atoms with Crippen LogP contribution in [0.1, 0.15) is 16.7 Å². The van der Waals surface area contributed by atoms with Gasteiger partial charge in [-0.2, -0.15) is 31.6 Å². The van der Waals surface area contributed by atoms with Crippen molar-refractivity contribution >= 4 is 43.6 Å². The molecule has 0 atom stereocenters. The third kappa shape index (κ3) is 6.71. The highest BCUT2D eigenvalue weighted by atomic mass is 19.4. The second-order valence-electron chi connectivity index (χ2n) is 15.7. The van der Waals surface area contributed by atoms with Gasteiger partial charge in [-0.3, -0.25) is 0 Å². The van der Waals surface area contributed by atoms with Crippen LogP contribution < -0.4 is 0 Å². The Hall–Kier alpha value is -8.56. The zero-order valence-electron chi connectivity index (χ0n) is 34.3. The van der Waals surface area contributed by atoms with E-state index in [1.807, 2.05) is 95.6 Å². The molecule has 0 N–H and O–H groups in total. The van der Waals surface area contributed by atoms with E-state index >= 15 is 0 Å². The van der Waals surface area contributed by atoms with Gasteiger partial charge in [0.25, 0.3) is 0 Å². The van der Waals surface area contributed by atoms with Gasteiger partial charge in [-0.25, -0.2) is 15.0 Å². The fraction of sp³-hybridized carbons (Fsp3) is 0.0370. The van der Waals surface area contributed by atoms with E-state index in [1.165, 1.54) is 12.1 Å². The highest BCUT2D eigenvalue weighted by Gasteiger charge is 2.33. The van der Waals surface area contributed by atoms with E-state index in [0.717, 1.165) is 35.4 Å². The number of fused-ring (bicyclic) bond motifs is 6. The van der Waals surface area contributed by atoms with Gasteiger partial charge in [-0.1, -0.05) is 115 Å². The Morgan fingerprint density at radius 1 is 0.379 bits per heavy atom. The summed E-state index contributed by atoms with van der Waals surface area (Å²) < 4.78 is 88.5. The van der Waals surface area contributed by atoms with Crippen molar-refractivity contribution in [2.24, 2.45) is 0 Å². The molecule has 0 spiro atoms. The lowest BCUT2D eigenvalue weighted by Gasteiger charge is -2.18. The average molecular weight is 877 g/mol. The molecule has 8 aromatic carbocycles. The Bertz CT molecular complexity index is 3690. The monoisotopic (exact) mass is 876 g/mol. The molecule has 0 aliphatic carbocycles. The van der Waals surface area contributed by atoms with Crippen molar-refractivity contribution in [2.45, 2.75) is 12.4 Å². The lowest BCUT2D eigenvalue weighted by molar-refractivity contribution is -0.138. The summed E-state index contributed by atoms with van der Waals surface area (Å²) in [6.45, 7) is 0. The minimum Gasteiger partial charge on any atom is -0.308 e. The first-order valence-corrected chi connectivity index (χ1v) is 20.7. The third-order valence-corrected chi connectivity index (χ3v) is 11.9. The first-order valence-electron chi connectivity index (χ1n) is 20.7. The molecule has 0 unspecified atom stereocenters. The Morgan fingerprint density at radius 2 is 0.848 bits per heavy atom. The molecule has 11 rings (SSSR count). The summed E-state index contributed by atoms with van der Waals surface area (Å²) >= 11 is 0. The summed E-state index contributed by atoms with van der Waals surface area (Å²) in [5.74, 6) is 1.10. The number of hydrogen-bond acceptors (Lipinski definition) is 4. The summed E-state index contributed by atoms with van der Waals surface area (Å²) in [6, 6.07) is 53.8. The molecule has 0 aliphatic rings. The Balaban J connectivity index is 1.20. The van der Waals surface area contributed by atoms with E-state index in [9.17, 15) is 31.6 Å². The highest BCUT2D eigenvalue weighted by Crippen LogP contribution is 2.43. The van der Waals surface area contributed by atoms with Crippen molar-refractivity contribution in [3.63, 3.8) is 0 Å². The maximum atomic E-state index is 14.3. The van der Waals surface area contributed by atoms with E-state index < -0.39 is 23.5 Å². The number of hydrogen-bond donors (Lipinski definition) is 0. The molecule has 318 valence electrons. The topological polar surface area (TPSA) is 72.3 Å². The molecule has 0 aliphatic heterocycles. The van der Waals surface area contributed by atoms with E-state index in [0.29, 0.717) is 89.2 Å². The summed E-state index contributed by atoms with van der Waals surface area (Å²) in [7, 11) is 0. The van der Waals surface area contributed by atoms with Gasteiger partial charge < -0.3 is 9.13 Å². The second kappa shape index (κ2) is 15.3. The van der Waals surface area contributed by atoms with Crippen molar-refractivity contribution in [3.05, 3.63) is 199 Å². The van der Waals surface area contributed by atoms with Crippen LogP contribution in [-0.4, -0.2) is 24.1 Å². The van der Waals surface area contributed by atoms with Crippen molar-refractivity contribution < 1.29 is 26.3 Å². The van der Waals surface area contributed by atoms with Crippen molar-refractivity contribution in [1.29, 1.82) is 5.26 Å². The second-order valence-corrected chi connectivity index (χ2v) is 15.7. The molecule has 0 bridgehead atoms. The van der Waals surface area contributed by atoms with E-state index in [-0.39, 0.29) is 5.56 Å². The first kappa shape index (κ1) is 40.2. The lowest BCUT2D eigenvalue weighted by Crippen LogP contribution is -2.05. The standard InChI is InChI=1S/C54H30F6N6/c55-53(56,57)35-23-26-47-41(29-35)38-16-7-9-19-44(38)65(47)46-21-11-18-37(43(46)31-61)34-22-25-40(52-63-50(32-12-3-1-4-13-32)62-51(64-52)33-14-5-2-6-15-33)49(28-34)66-45-20-10-8-17-39(45)42-30-36(54(58,59)60)24-27-48(42)66/h1-30H. The normalized spacial score (nSPS) is 12.1. The maximum absolute atomic E-state index is 14.3. The van der Waals surface area contributed by atoms with Gasteiger partial charge >= 0.3 is 12.4 Å². The minimum atomic E-state index is -4.59. The predicted molar refractivity (Wildman–Crippen MR) is 245 cm³/mol. The Morgan fingerprint density at radius 3 is 1.36 bits per heavy atom. The fourth-order valence-corrected chi connectivity index (χ4v) is 8.90. The number of halogens is 6. The van der Waals surface area contributed by atoms with Crippen molar-refractivity contribution in [2.75, 3.05) is 0 Å². The van der Waals surface area contributed by atoms with Gasteiger partial charge in [0, 0.05) is 43.8 Å². The molecular formula is C54H30F6N6. The highest BCUT2D eigenvalue weighted by molar-refractivity contribution is 6.11. The van der Waals surface area contributed by atoms with Gasteiger partial charge in [-0.05, 0) is 72.3 Å². The molecule has 0 fully saturated rings. The minimum absolute atomic E-state index is 0.244. The van der Waals surface area contributed by atoms with Crippen LogP contribution in [0.2, 0.25) is 0 Å². The van der Waals surface area contributed by atoms with Gasteiger partial charge in [0.2, 0.25) is 0 Å². The van der Waals surface area contributed by atoms with E-state index in [2.05, 4.69) is 6.07 Å². The van der Waals surface area contributed by atoms with Gasteiger partial charge in [-0.15, -0.1) is 0 Å². The number of alkyl halides is 6. The number of benzene rings is 8. The fourth-order valence-electron chi connectivity index (χ4n) is 8.90. The molecule has 3 heterocycles. The zero-order valence-corrected chi connectivity index (χ0v) is 34.3. The number of para-hydroxylation sites is 2. The molecule has 0 amide bonds. The third-order valence-electron chi connectivity index (χ3n) is 11.9. The predicted octanol–water partition coefficient (Wildman–Crippen LogP) is 14.6. The SMILES string of the molecule is N#Cc1c(-c2ccc(-c3nc(-c4ccccc4)nc(-c4ccccc4)n3)c(-n3c4ccccc4c4cc(C(F)(F)F)ccc43)c2)cccc1-n1c2ccccc2c2cc(C(F)(F)F)ccc21. The zero-order chi connectivity index (χ0) is 45.3. The van der Waals surface area contributed by atoms with Crippen LogP contribution in [0.5, 0.6) is 0 Å². The van der Waals surface area contributed by atoms with Gasteiger partial charge in [0.15, 0.2) is 17.5 Å². The summed E-state index contributed by atoms with van der Waals surface area (Å²) in [4.78, 5) is 14.9. The smallest absolute Gasteiger partial charge is 0.308 e. The Labute approximate surface area is 371 Å². The lowest BCUT2D eigenvalue weighted by atomic mass is 9.96. The van der Waals surface area contributed by atoms with Crippen LogP contribution in [0.4, 0.5) is 26.3 Å². The van der Waals surface area contributed by atoms with E-state index in [1.54, 1.807) is 59.2 Å². The molecule has 0 radical (unpaired) electrons. The molecule has 6 nitrogen and oxygen atoms in total. The quantitative estimate of drug-likeness (QED) is 0.156. The maximum Gasteiger partial charge on any atom is 0.416 e. The largest absolute Gasteiger partial charge is 0.416 e. The molecule has 0 saturated carbocycles. The van der Waals surface area contributed by atoms with Gasteiger partial charge in [0.05, 0.1) is 50.1 Å². The van der Waals surface area contributed by atoms with Crippen LogP contribution in [0.15, 0.2) is 182 Å². The van der Waals surface area contributed by atoms with Crippen LogP contribution in [0, 0.1) is 11.3 Å². The molecule has 66 heavy (non-hydrogen) atoms. The number of rotatable bonds is 6. The van der Waals surface area contributed by atoms with Crippen LogP contribution in [0.25, 0.3) is 100 Å². The van der Waals surface area contributed by atoms with Crippen LogP contribution in [-0.2, 0) is 12.4 Å². The number of nitrogens with zero attached hydrogens (tertiary/aromatic N) is 6. The Kier molecular flexibility index (Phi) is 9.33. The molecular weight excluding hydrogens is 847 g/mol. The summed E-state index contributed by atoms with van der Waals surface area (Å²) in [6.07, 6.45) is -9.16. The first-order chi connectivity index (χ1) is 32.0. The van der Waals surface area contributed by atoms with Crippen LogP contribution >= 0.6 is 0 Å². The summed E-state index contributed by atoms with van der Waals surface area (Å²) in [5.41, 5.74) is 4.89. The van der Waals surface area contributed by atoms with Gasteiger partial charge in [0.1, 0.15) is 6.07 Å². The average Bonchev–Trinajstić information content (AvgIpc) is 3.85. The van der Waals surface area contributed by atoms with Crippen molar-refractivity contribution in [1.82, 2.24) is 24.1 Å². The summed E-state index contributed by atoms with van der Waals surface area (Å²) in [5, 5.41) is 13.0. The number of nitriles is 1. The molecule has 12 heteroatoms. The molecule has 11 aromatic rings. The molecule has 0 saturated heterocycles. The van der Waals surface area contributed by atoms with Crippen molar-refractivity contribution in [3.8, 4) is 62.7 Å². The van der Waals surface area contributed by atoms with Crippen LogP contribution in [0.3, 0.4) is 0 Å². The number of aromatic nitrogens is 5. The molecule has 3 aromatic heterocycles. The van der Waals surface area contributed by atoms with E-state index in [4.69, 9.17) is 15.0 Å².